The third-order valence-corrected chi connectivity index (χ3v) is 3.41. The maximum atomic E-state index is 6.15. The fraction of sp³-hybridized carbons (Fsp3) is 0.538. The quantitative estimate of drug-likeness (QED) is 0.776. The Kier molecular flexibility index (Phi) is 7.12. The number of rotatable bonds is 7. The number of halogens is 2. The molecule has 0 fully saturated rings. The highest BCUT2D eigenvalue weighted by molar-refractivity contribution is 9.10. The van der Waals surface area contributed by atoms with Crippen molar-refractivity contribution in [2.45, 2.75) is 32.2 Å². The molecule has 1 unspecified atom stereocenters. The Morgan fingerprint density at radius 1 is 1.47 bits per heavy atom. The monoisotopic (exact) mass is 319 g/mol. The van der Waals surface area contributed by atoms with Gasteiger partial charge in [-0.05, 0) is 43.9 Å². The molecule has 96 valence electrons. The summed E-state index contributed by atoms with van der Waals surface area (Å²) in [6, 6.07) is 6.07. The number of hydrogen-bond donors (Lipinski definition) is 1. The first kappa shape index (κ1) is 15.0. The first-order chi connectivity index (χ1) is 8.13. The Balaban J connectivity index is 2.37. The molecule has 0 aromatic heterocycles. The smallest absolute Gasteiger partial charge is 0.0466 e. The Morgan fingerprint density at radius 3 is 2.88 bits per heavy atom. The Hall–Kier alpha value is -0.0900. The summed E-state index contributed by atoms with van der Waals surface area (Å²) in [5.41, 5.74) is 7.18. The molecule has 1 aromatic rings. The SMILES string of the molecule is CCOCCCC(N)Cc1ccc(Br)cc1Cl. The largest absolute Gasteiger partial charge is 0.382 e. The van der Waals surface area contributed by atoms with Gasteiger partial charge >= 0.3 is 0 Å². The minimum Gasteiger partial charge on any atom is -0.382 e. The molecule has 0 amide bonds. The topological polar surface area (TPSA) is 35.2 Å². The van der Waals surface area contributed by atoms with Crippen LogP contribution in [0.3, 0.4) is 0 Å². The molecule has 2 nitrogen and oxygen atoms in total. The molecule has 2 N–H and O–H groups in total. The molecule has 17 heavy (non-hydrogen) atoms. The fourth-order valence-electron chi connectivity index (χ4n) is 1.66. The molecule has 1 atom stereocenters. The average Bonchev–Trinajstić information content (AvgIpc) is 2.28. The molecule has 0 bridgehead atoms. The number of nitrogens with two attached hydrogens (primary N) is 1. The van der Waals surface area contributed by atoms with E-state index >= 15 is 0 Å². The van der Waals surface area contributed by atoms with E-state index in [2.05, 4.69) is 15.9 Å². The Bertz CT molecular complexity index is 346. The van der Waals surface area contributed by atoms with Gasteiger partial charge in [-0.2, -0.15) is 0 Å². The van der Waals surface area contributed by atoms with Gasteiger partial charge in [0.15, 0.2) is 0 Å². The van der Waals surface area contributed by atoms with Crippen molar-refractivity contribution in [1.82, 2.24) is 0 Å². The van der Waals surface area contributed by atoms with Crippen LogP contribution in [0.25, 0.3) is 0 Å². The van der Waals surface area contributed by atoms with E-state index in [9.17, 15) is 0 Å². The van der Waals surface area contributed by atoms with E-state index < -0.39 is 0 Å². The molecular formula is C13H19BrClNO. The molecule has 0 saturated carbocycles. The van der Waals surface area contributed by atoms with Crippen LogP contribution in [0, 0.1) is 0 Å². The van der Waals surface area contributed by atoms with Gasteiger partial charge in [-0.25, -0.2) is 0 Å². The second-order valence-electron chi connectivity index (χ2n) is 4.04. The van der Waals surface area contributed by atoms with Crippen LogP contribution >= 0.6 is 27.5 Å². The van der Waals surface area contributed by atoms with Crippen LogP contribution < -0.4 is 5.73 Å². The fourth-order valence-corrected chi connectivity index (χ4v) is 2.41. The molecule has 0 heterocycles. The lowest BCUT2D eigenvalue weighted by atomic mass is 10.0. The summed E-state index contributed by atoms with van der Waals surface area (Å²) in [7, 11) is 0. The van der Waals surface area contributed by atoms with Crippen LogP contribution in [0.2, 0.25) is 5.02 Å². The number of ether oxygens (including phenoxy) is 1. The van der Waals surface area contributed by atoms with Gasteiger partial charge in [0.05, 0.1) is 0 Å². The first-order valence-corrected chi connectivity index (χ1v) is 7.07. The second kappa shape index (κ2) is 8.09. The molecule has 1 aromatic carbocycles. The van der Waals surface area contributed by atoms with Gasteiger partial charge in [-0.15, -0.1) is 0 Å². The van der Waals surface area contributed by atoms with Gasteiger partial charge in [0.1, 0.15) is 0 Å². The highest BCUT2D eigenvalue weighted by Crippen LogP contribution is 2.22. The maximum absolute atomic E-state index is 6.15. The van der Waals surface area contributed by atoms with Crippen LogP contribution in [0.4, 0.5) is 0 Å². The summed E-state index contributed by atoms with van der Waals surface area (Å²) in [5, 5.41) is 0.777. The van der Waals surface area contributed by atoms with Crippen molar-refractivity contribution in [1.29, 1.82) is 0 Å². The summed E-state index contributed by atoms with van der Waals surface area (Å²) < 4.78 is 6.28. The normalized spacial score (nSPS) is 12.7. The zero-order valence-electron chi connectivity index (χ0n) is 10.1. The summed E-state index contributed by atoms with van der Waals surface area (Å²) in [6.07, 6.45) is 2.79. The minimum absolute atomic E-state index is 0.147. The molecule has 0 saturated heterocycles. The summed E-state index contributed by atoms with van der Waals surface area (Å²) in [4.78, 5) is 0. The average molecular weight is 321 g/mol. The molecule has 1 rings (SSSR count). The van der Waals surface area contributed by atoms with Crippen molar-refractivity contribution in [3.8, 4) is 0 Å². The minimum atomic E-state index is 0.147. The number of benzene rings is 1. The van der Waals surface area contributed by atoms with Crippen LogP contribution in [-0.4, -0.2) is 19.3 Å². The first-order valence-electron chi connectivity index (χ1n) is 5.90. The lowest BCUT2D eigenvalue weighted by molar-refractivity contribution is 0.142. The molecular weight excluding hydrogens is 302 g/mol. The Morgan fingerprint density at radius 2 is 2.24 bits per heavy atom. The van der Waals surface area contributed by atoms with Crippen molar-refractivity contribution < 1.29 is 4.74 Å². The lowest BCUT2D eigenvalue weighted by Crippen LogP contribution is -2.23. The lowest BCUT2D eigenvalue weighted by Gasteiger charge is -2.12. The maximum Gasteiger partial charge on any atom is 0.0466 e. The predicted molar refractivity (Wildman–Crippen MR) is 76.6 cm³/mol. The van der Waals surface area contributed by atoms with Crippen molar-refractivity contribution in [2.75, 3.05) is 13.2 Å². The van der Waals surface area contributed by atoms with Crippen molar-refractivity contribution in [3.63, 3.8) is 0 Å². The van der Waals surface area contributed by atoms with Crippen molar-refractivity contribution in [3.05, 3.63) is 33.3 Å². The van der Waals surface area contributed by atoms with E-state index in [-0.39, 0.29) is 6.04 Å². The van der Waals surface area contributed by atoms with E-state index in [4.69, 9.17) is 22.1 Å². The molecule has 0 aliphatic carbocycles. The molecule has 0 spiro atoms. The van der Waals surface area contributed by atoms with Gasteiger partial charge in [-0.3, -0.25) is 0 Å². The van der Waals surface area contributed by atoms with E-state index in [1.165, 1.54) is 0 Å². The van der Waals surface area contributed by atoms with Gasteiger partial charge < -0.3 is 10.5 Å². The highest BCUT2D eigenvalue weighted by Gasteiger charge is 2.07. The summed E-state index contributed by atoms with van der Waals surface area (Å²) in [5.74, 6) is 0. The summed E-state index contributed by atoms with van der Waals surface area (Å²) in [6.45, 7) is 3.56. The van der Waals surface area contributed by atoms with E-state index in [0.29, 0.717) is 0 Å². The zero-order chi connectivity index (χ0) is 12.7. The van der Waals surface area contributed by atoms with Crippen molar-refractivity contribution >= 4 is 27.5 Å². The van der Waals surface area contributed by atoms with Crippen LogP contribution in [-0.2, 0) is 11.2 Å². The predicted octanol–water partition coefficient (Wildman–Crippen LogP) is 3.79. The van der Waals surface area contributed by atoms with Gasteiger partial charge in [-0.1, -0.05) is 33.6 Å². The van der Waals surface area contributed by atoms with Gasteiger partial charge in [0.25, 0.3) is 0 Å². The van der Waals surface area contributed by atoms with E-state index in [1.807, 2.05) is 25.1 Å². The summed E-state index contributed by atoms with van der Waals surface area (Å²) >= 11 is 9.54. The molecule has 0 radical (unpaired) electrons. The van der Waals surface area contributed by atoms with Crippen molar-refractivity contribution in [2.24, 2.45) is 5.73 Å². The zero-order valence-corrected chi connectivity index (χ0v) is 12.4. The third kappa shape index (κ3) is 5.87. The van der Waals surface area contributed by atoms with E-state index in [0.717, 1.165) is 47.5 Å². The third-order valence-electron chi connectivity index (χ3n) is 2.56. The Labute approximate surface area is 117 Å². The van der Waals surface area contributed by atoms with Crippen LogP contribution in [0.1, 0.15) is 25.3 Å². The second-order valence-corrected chi connectivity index (χ2v) is 5.36. The van der Waals surface area contributed by atoms with Gasteiger partial charge in [0, 0.05) is 28.8 Å². The molecule has 4 heteroatoms. The highest BCUT2D eigenvalue weighted by atomic mass is 79.9. The van der Waals surface area contributed by atoms with E-state index in [1.54, 1.807) is 0 Å². The molecule has 0 aliphatic heterocycles. The standard InChI is InChI=1S/C13H19BrClNO/c1-2-17-7-3-4-12(16)8-10-5-6-11(14)9-13(10)15/h5-6,9,12H,2-4,7-8,16H2,1H3. The van der Waals surface area contributed by atoms with Crippen LogP contribution in [0.15, 0.2) is 22.7 Å². The number of hydrogen-bond acceptors (Lipinski definition) is 2. The van der Waals surface area contributed by atoms with Gasteiger partial charge in [0.2, 0.25) is 0 Å². The van der Waals surface area contributed by atoms with Crippen LogP contribution in [0.5, 0.6) is 0 Å². The molecule has 0 aliphatic rings.